The van der Waals surface area contributed by atoms with Gasteiger partial charge in [0.15, 0.2) is 0 Å². The number of carbonyl (C=O) groups excluding carboxylic acids is 1. The van der Waals surface area contributed by atoms with Crippen molar-refractivity contribution in [3.63, 3.8) is 0 Å². The number of amides is 1. The molecule has 0 unspecified atom stereocenters. The quantitative estimate of drug-likeness (QED) is 0.889. The van der Waals surface area contributed by atoms with Crippen molar-refractivity contribution < 1.29 is 9.53 Å². The Bertz CT molecular complexity index is 645. The number of rotatable bonds is 2. The molecule has 4 nitrogen and oxygen atoms in total. The molecule has 1 aliphatic rings. The van der Waals surface area contributed by atoms with Crippen LogP contribution in [0.15, 0.2) is 6.07 Å². The van der Waals surface area contributed by atoms with Crippen molar-refractivity contribution in [2.75, 3.05) is 33.3 Å². The summed E-state index contributed by atoms with van der Waals surface area (Å²) in [6.45, 7) is 18.4. The summed E-state index contributed by atoms with van der Waals surface area (Å²) in [5.41, 5.74) is 3.90. The average Bonchev–Trinajstić information content (AvgIpc) is 2.52. The van der Waals surface area contributed by atoms with E-state index < -0.39 is 0 Å². The van der Waals surface area contributed by atoms with Gasteiger partial charge in [-0.1, -0.05) is 41.5 Å². The Morgan fingerprint density at radius 3 is 2.08 bits per heavy atom. The number of methoxy groups -OCH3 is 1. The van der Waals surface area contributed by atoms with Gasteiger partial charge in [0, 0.05) is 42.9 Å². The van der Waals surface area contributed by atoms with Crippen molar-refractivity contribution >= 4 is 5.91 Å². The zero-order valence-electron chi connectivity index (χ0n) is 17.2. The zero-order chi connectivity index (χ0) is 19.0. The van der Waals surface area contributed by atoms with Crippen LogP contribution in [0.2, 0.25) is 0 Å². The van der Waals surface area contributed by atoms with Crippen LogP contribution < -0.4 is 10.1 Å². The smallest absolute Gasteiger partial charge is 0.254 e. The first-order valence-electron chi connectivity index (χ1n) is 9.21. The summed E-state index contributed by atoms with van der Waals surface area (Å²) in [6.07, 6.45) is 0. The monoisotopic (exact) mass is 346 g/mol. The van der Waals surface area contributed by atoms with Gasteiger partial charge in [-0.3, -0.25) is 4.79 Å². The first-order chi connectivity index (χ1) is 11.5. The number of carbonyl (C=O) groups is 1. The molecule has 2 rings (SSSR count). The van der Waals surface area contributed by atoms with Gasteiger partial charge >= 0.3 is 0 Å². The summed E-state index contributed by atoms with van der Waals surface area (Å²) in [6, 6.07) is 2.06. The maximum Gasteiger partial charge on any atom is 0.254 e. The van der Waals surface area contributed by atoms with E-state index in [0.717, 1.165) is 54.2 Å². The summed E-state index contributed by atoms with van der Waals surface area (Å²) < 4.78 is 5.86. The molecule has 1 amide bonds. The Balaban J connectivity index is 2.70. The lowest BCUT2D eigenvalue weighted by molar-refractivity contribution is 0.0734. The van der Waals surface area contributed by atoms with E-state index in [1.807, 2.05) is 4.90 Å². The lowest BCUT2D eigenvalue weighted by Crippen LogP contribution is -2.46. The molecular formula is C21H34N2O2. The Kier molecular flexibility index (Phi) is 5.53. The maximum atomic E-state index is 13.2. The number of nitrogens with zero attached hydrogens (tertiary/aromatic N) is 1. The van der Waals surface area contributed by atoms with E-state index in [9.17, 15) is 4.79 Å². The van der Waals surface area contributed by atoms with Crippen molar-refractivity contribution in [3.8, 4) is 5.75 Å². The van der Waals surface area contributed by atoms with Crippen LogP contribution in [0.1, 0.15) is 68.6 Å². The van der Waals surface area contributed by atoms with E-state index in [0.29, 0.717) is 0 Å². The molecule has 0 aliphatic carbocycles. The first kappa shape index (κ1) is 19.8. The third-order valence-corrected chi connectivity index (χ3v) is 4.94. The van der Waals surface area contributed by atoms with Gasteiger partial charge in [0.05, 0.1) is 7.11 Å². The maximum absolute atomic E-state index is 13.2. The second-order valence-corrected chi connectivity index (χ2v) is 9.05. The normalized spacial score (nSPS) is 16.1. The molecule has 1 aliphatic heterocycles. The second kappa shape index (κ2) is 6.99. The molecule has 1 fully saturated rings. The number of hydrogen-bond acceptors (Lipinski definition) is 3. The standard InChI is InChI=1S/C21H34N2O2/c1-14-15(19(24)23-11-9-22-10-12-23)13-16(20(2,3)4)18(25-8)17(14)21(5,6)7/h13,22H,9-12H2,1-8H3. The fraction of sp³-hybridized carbons (Fsp3) is 0.667. The molecule has 25 heavy (non-hydrogen) atoms. The van der Waals surface area contributed by atoms with Gasteiger partial charge in [-0.15, -0.1) is 0 Å². The minimum Gasteiger partial charge on any atom is -0.496 e. The molecule has 0 radical (unpaired) electrons. The molecule has 140 valence electrons. The Hall–Kier alpha value is -1.55. The fourth-order valence-electron chi connectivity index (χ4n) is 3.69. The summed E-state index contributed by atoms with van der Waals surface area (Å²) in [7, 11) is 1.73. The van der Waals surface area contributed by atoms with Gasteiger partial charge < -0.3 is 15.0 Å². The molecule has 0 atom stereocenters. The minimum absolute atomic E-state index is 0.0997. The van der Waals surface area contributed by atoms with Crippen LogP contribution in [0.5, 0.6) is 5.75 Å². The minimum atomic E-state index is -0.102. The summed E-state index contributed by atoms with van der Waals surface area (Å²) >= 11 is 0. The molecule has 0 bridgehead atoms. The van der Waals surface area contributed by atoms with Crippen molar-refractivity contribution in [2.24, 2.45) is 0 Å². The Labute approximate surface area is 152 Å². The van der Waals surface area contributed by atoms with Crippen molar-refractivity contribution in [1.29, 1.82) is 0 Å². The fourth-order valence-corrected chi connectivity index (χ4v) is 3.69. The summed E-state index contributed by atoms with van der Waals surface area (Å²) in [4.78, 5) is 15.2. The van der Waals surface area contributed by atoms with Crippen LogP contribution >= 0.6 is 0 Å². The van der Waals surface area contributed by atoms with Gasteiger partial charge in [-0.25, -0.2) is 0 Å². The van der Waals surface area contributed by atoms with Gasteiger partial charge in [0.2, 0.25) is 0 Å². The number of hydrogen-bond donors (Lipinski definition) is 1. The van der Waals surface area contributed by atoms with Gasteiger partial charge in [0.25, 0.3) is 5.91 Å². The first-order valence-corrected chi connectivity index (χ1v) is 9.21. The van der Waals surface area contributed by atoms with Crippen LogP contribution in [0.25, 0.3) is 0 Å². The van der Waals surface area contributed by atoms with Crippen LogP contribution in [-0.4, -0.2) is 44.1 Å². The third kappa shape index (κ3) is 4.00. The number of ether oxygens (including phenoxy) is 1. The second-order valence-electron chi connectivity index (χ2n) is 9.05. The SMILES string of the molecule is COc1c(C(C)(C)C)cc(C(=O)N2CCNCC2)c(C)c1C(C)(C)C. The van der Waals surface area contributed by atoms with E-state index in [2.05, 4.69) is 59.8 Å². The molecule has 0 spiro atoms. The van der Waals surface area contributed by atoms with E-state index in [1.54, 1.807) is 7.11 Å². The predicted molar refractivity (Wildman–Crippen MR) is 104 cm³/mol. The highest BCUT2D eigenvalue weighted by molar-refractivity contribution is 5.97. The molecule has 1 aromatic rings. The Morgan fingerprint density at radius 1 is 1.08 bits per heavy atom. The highest BCUT2D eigenvalue weighted by Gasteiger charge is 2.32. The zero-order valence-corrected chi connectivity index (χ0v) is 17.2. The molecule has 1 N–H and O–H groups in total. The summed E-state index contributed by atoms with van der Waals surface area (Å²) in [5, 5.41) is 3.31. The topological polar surface area (TPSA) is 41.6 Å². The van der Waals surface area contributed by atoms with E-state index >= 15 is 0 Å². The third-order valence-electron chi connectivity index (χ3n) is 4.94. The molecule has 1 saturated heterocycles. The molecule has 0 saturated carbocycles. The van der Waals surface area contributed by atoms with Crippen molar-refractivity contribution in [3.05, 3.63) is 28.3 Å². The average molecular weight is 347 g/mol. The van der Waals surface area contributed by atoms with Crippen LogP contribution in [0.3, 0.4) is 0 Å². The number of nitrogens with one attached hydrogen (secondary N) is 1. The lowest BCUT2D eigenvalue weighted by Gasteiger charge is -2.33. The molecular weight excluding hydrogens is 312 g/mol. The molecule has 1 heterocycles. The number of piperazine rings is 1. The van der Waals surface area contributed by atoms with E-state index in [4.69, 9.17) is 4.74 Å². The van der Waals surface area contributed by atoms with Gasteiger partial charge in [-0.05, 0) is 29.4 Å². The van der Waals surface area contributed by atoms with Gasteiger partial charge in [-0.2, -0.15) is 0 Å². The molecule has 4 heteroatoms. The van der Waals surface area contributed by atoms with Crippen LogP contribution in [-0.2, 0) is 10.8 Å². The van der Waals surface area contributed by atoms with Crippen molar-refractivity contribution in [2.45, 2.75) is 59.3 Å². The molecule has 1 aromatic carbocycles. The summed E-state index contributed by atoms with van der Waals surface area (Å²) in [5.74, 6) is 1.06. The van der Waals surface area contributed by atoms with Crippen molar-refractivity contribution in [1.82, 2.24) is 10.2 Å². The van der Waals surface area contributed by atoms with E-state index in [-0.39, 0.29) is 16.7 Å². The van der Waals surface area contributed by atoms with Crippen LogP contribution in [0.4, 0.5) is 0 Å². The largest absolute Gasteiger partial charge is 0.496 e. The predicted octanol–water partition coefficient (Wildman–Crippen LogP) is 3.64. The highest BCUT2D eigenvalue weighted by atomic mass is 16.5. The lowest BCUT2D eigenvalue weighted by atomic mass is 9.75. The van der Waals surface area contributed by atoms with Crippen LogP contribution in [0, 0.1) is 6.92 Å². The number of benzene rings is 1. The Morgan fingerprint density at radius 2 is 1.64 bits per heavy atom. The highest BCUT2D eigenvalue weighted by Crippen LogP contribution is 2.43. The van der Waals surface area contributed by atoms with E-state index in [1.165, 1.54) is 0 Å². The molecule has 0 aromatic heterocycles. The van der Waals surface area contributed by atoms with Gasteiger partial charge in [0.1, 0.15) is 5.75 Å².